The van der Waals surface area contributed by atoms with Gasteiger partial charge in [0.1, 0.15) is 12.6 Å². The lowest BCUT2D eigenvalue weighted by Gasteiger charge is -2.36. The van der Waals surface area contributed by atoms with Crippen molar-refractivity contribution >= 4 is 17.2 Å². The van der Waals surface area contributed by atoms with Gasteiger partial charge in [-0.3, -0.25) is 4.79 Å². The lowest BCUT2D eigenvalue weighted by atomic mass is 9.90. The Morgan fingerprint density at radius 3 is 3.00 bits per heavy atom. The van der Waals surface area contributed by atoms with E-state index in [-0.39, 0.29) is 11.9 Å². The van der Waals surface area contributed by atoms with Gasteiger partial charge in [0.25, 0.3) is 5.91 Å². The number of hydrogen-bond donors (Lipinski definition) is 1. The van der Waals surface area contributed by atoms with Gasteiger partial charge in [-0.25, -0.2) is 0 Å². The first kappa shape index (κ1) is 17.7. The maximum atomic E-state index is 13.1. The van der Waals surface area contributed by atoms with Gasteiger partial charge in [0, 0.05) is 18.0 Å². The number of quaternary nitrogens is 1. The van der Waals surface area contributed by atoms with Crippen molar-refractivity contribution < 1.29 is 14.8 Å². The van der Waals surface area contributed by atoms with Crippen molar-refractivity contribution in [1.29, 1.82) is 0 Å². The molecule has 4 rings (SSSR count). The molecule has 0 radical (unpaired) electrons. The Bertz CT molecular complexity index is 767. The fraction of sp³-hybridized carbons (Fsp3) is 0.476. The van der Waals surface area contributed by atoms with E-state index in [1.165, 1.54) is 21.6 Å². The molecule has 5 heteroatoms. The molecule has 138 valence electrons. The monoisotopic (exact) mass is 371 g/mol. The van der Waals surface area contributed by atoms with Crippen molar-refractivity contribution in [2.75, 3.05) is 26.2 Å². The molecule has 4 nitrogen and oxygen atoms in total. The smallest absolute Gasteiger partial charge is 0.278 e. The average molecular weight is 372 g/mol. The van der Waals surface area contributed by atoms with Crippen molar-refractivity contribution in [2.24, 2.45) is 0 Å². The van der Waals surface area contributed by atoms with Crippen LogP contribution < -0.4 is 5.32 Å². The highest BCUT2D eigenvalue weighted by Gasteiger charge is 2.34. The molecule has 0 bridgehead atoms. The Hall–Kier alpha value is -1.69. The highest BCUT2D eigenvalue weighted by Crippen LogP contribution is 2.38. The molecule has 1 aromatic heterocycles. The summed E-state index contributed by atoms with van der Waals surface area (Å²) in [5.74, 6) is 0.230. The minimum Gasteiger partial charge on any atom is -0.372 e. The third-order valence-electron chi connectivity index (χ3n) is 5.54. The number of hydrogen-bond acceptors (Lipinski definition) is 3. The van der Waals surface area contributed by atoms with Crippen LogP contribution >= 0.6 is 11.3 Å². The first-order valence-electron chi connectivity index (χ1n) is 9.58. The van der Waals surface area contributed by atoms with Crippen molar-refractivity contribution in [1.82, 2.24) is 4.90 Å². The van der Waals surface area contributed by atoms with Crippen molar-refractivity contribution in [3.63, 3.8) is 0 Å². The standard InChI is InChI=1S/C21H26N2O2S/c1-15-5-2-3-7-17(15)21-18-9-12-26-19(18)8-10-23(21)20(24)14-22-13-16-6-4-11-25-16/h2-3,5,7,9,12,16,21-22H,4,6,8,10-11,13-14H2,1H3/p+1/t16-,21+/m1/s1. The van der Waals surface area contributed by atoms with Gasteiger partial charge in [0.2, 0.25) is 0 Å². The van der Waals surface area contributed by atoms with Gasteiger partial charge in [0.05, 0.1) is 6.04 Å². The number of aryl methyl sites for hydroxylation is 1. The average Bonchev–Trinajstić information content (AvgIpc) is 3.33. The summed E-state index contributed by atoms with van der Waals surface area (Å²) >= 11 is 1.82. The molecule has 1 amide bonds. The highest BCUT2D eigenvalue weighted by atomic mass is 32.1. The Balaban J connectivity index is 1.52. The Morgan fingerprint density at radius 2 is 2.19 bits per heavy atom. The normalized spacial score (nSPS) is 22.4. The van der Waals surface area contributed by atoms with Crippen LogP contribution in [0, 0.1) is 6.92 Å². The molecule has 1 fully saturated rings. The molecule has 2 aliphatic rings. The van der Waals surface area contributed by atoms with E-state index in [9.17, 15) is 4.79 Å². The lowest BCUT2D eigenvalue weighted by Crippen LogP contribution is -2.88. The van der Waals surface area contributed by atoms with E-state index in [0.717, 1.165) is 39.0 Å². The van der Waals surface area contributed by atoms with E-state index < -0.39 is 0 Å². The minimum atomic E-state index is 0.0508. The number of fused-ring (bicyclic) bond motifs is 1. The van der Waals surface area contributed by atoms with Crippen LogP contribution in [0.2, 0.25) is 0 Å². The maximum Gasteiger partial charge on any atom is 0.278 e. The van der Waals surface area contributed by atoms with Crippen LogP contribution in [0.3, 0.4) is 0 Å². The second kappa shape index (κ2) is 7.91. The van der Waals surface area contributed by atoms with Crippen LogP contribution in [0.5, 0.6) is 0 Å². The molecule has 0 spiro atoms. The number of thiophene rings is 1. The van der Waals surface area contributed by atoms with Gasteiger partial charge < -0.3 is 15.0 Å². The van der Waals surface area contributed by atoms with Crippen LogP contribution in [-0.4, -0.2) is 43.2 Å². The summed E-state index contributed by atoms with van der Waals surface area (Å²) in [6.07, 6.45) is 3.56. The number of rotatable bonds is 5. The van der Waals surface area contributed by atoms with E-state index in [1.807, 2.05) is 11.3 Å². The summed E-state index contributed by atoms with van der Waals surface area (Å²) < 4.78 is 5.67. The number of nitrogens with zero attached hydrogens (tertiary/aromatic N) is 1. The van der Waals surface area contributed by atoms with Crippen molar-refractivity contribution in [3.05, 3.63) is 57.3 Å². The SMILES string of the molecule is Cc1ccccc1[C@H]1c2ccsc2CCN1C(=O)C[NH2+]C[C@H]1CCCO1. The summed E-state index contributed by atoms with van der Waals surface area (Å²) in [4.78, 5) is 16.6. The van der Waals surface area contributed by atoms with Gasteiger partial charge in [-0.2, -0.15) is 0 Å². The molecule has 2 atom stereocenters. The second-order valence-corrected chi connectivity index (χ2v) is 8.26. The Kier molecular flexibility index (Phi) is 5.38. The third-order valence-corrected chi connectivity index (χ3v) is 6.54. The van der Waals surface area contributed by atoms with Gasteiger partial charge in [0.15, 0.2) is 6.54 Å². The van der Waals surface area contributed by atoms with E-state index in [0.29, 0.717) is 12.6 Å². The molecule has 1 saturated heterocycles. The zero-order valence-electron chi connectivity index (χ0n) is 15.3. The van der Waals surface area contributed by atoms with Crippen LogP contribution in [0.1, 0.15) is 40.5 Å². The van der Waals surface area contributed by atoms with E-state index in [1.54, 1.807) is 0 Å². The molecule has 3 heterocycles. The summed E-state index contributed by atoms with van der Waals surface area (Å²) in [6.45, 7) is 5.20. The number of carbonyl (C=O) groups excluding carboxylic acids is 1. The maximum absolute atomic E-state index is 13.1. The molecular formula is C21H27N2O2S+. The van der Waals surface area contributed by atoms with Gasteiger partial charge in [-0.1, -0.05) is 24.3 Å². The van der Waals surface area contributed by atoms with Crippen molar-refractivity contribution in [2.45, 2.75) is 38.3 Å². The molecular weight excluding hydrogens is 344 g/mol. The van der Waals surface area contributed by atoms with E-state index in [2.05, 4.69) is 52.9 Å². The second-order valence-electron chi connectivity index (χ2n) is 7.26. The number of amides is 1. The lowest BCUT2D eigenvalue weighted by molar-refractivity contribution is -0.650. The largest absolute Gasteiger partial charge is 0.372 e. The zero-order chi connectivity index (χ0) is 17.9. The number of nitrogens with two attached hydrogens (primary N) is 1. The van der Waals surface area contributed by atoms with Gasteiger partial charge in [-0.15, -0.1) is 11.3 Å². The van der Waals surface area contributed by atoms with Crippen LogP contribution in [0.25, 0.3) is 0 Å². The molecule has 26 heavy (non-hydrogen) atoms. The fourth-order valence-corrected chi connectivity index (χ4v) is 5.06. The summed E-state index contributed by atoms with van der Waals surface area (Å²) in [7, 11) is 0. The van der Waals surface area contributed by atoms with E-state index in [4.69, 9.17) is 4.74 Å². The third kappa shape index (κ3) is 3.56. The molecule has 1 aromatic carbocycles. The molecule has 2 aliphatic heterocycles. The fourth-order valence-electron chi connectivity index (χ4n) is 4.15. The number of ether oxygens (including phenoxy) is 1. The van der Waals surface area contributed by atoms with Crippen molar-refractivity contribution in [3.8, 4) is 0 Å². The molecule has 2 N–H and O–H groups in total. The Labute approximate surface area is 159 Å². The molecule has 0 saturated carbocycles. The molecule has 0 unspecified atom stereocenters. The van der Waals surface area contributed by atoms with Crippen LogP contribution in [-0.2, 0) is 16.0 Å². The predicted molar refractivity (Wildman–Crippen MR) is 103 cm³/mol. The summed E-state index contributed by atoms with van der Waals surface area (Å²) in [6, 6.07) is 10.7. The zero-order valence-corrected chi connectivity index (χ0v) is 16.1. The number of carbonyl (C=O) groups is 1. The summed E-state index contributed by atoms with van der Waals surface area (Å²) in [5, 5.41) is 4.28. The quantitative estimate of drug-likeness (QED) is 0.876. The Morgan fingerprint density at radius 1 is 1.31 bits per heavy atom. The van der Waals surface area contributed by atoms with Gasteiger partial charge >= 0.3 is 0 Å². The highest BCUT2D eigenvalue weighted by molar-refractivity contribution is 7.10. The first-order chi connectivity index (χ1) is 12.7. The van der Waals surface area contributed by atoms with Crippen LogP contribution in [0.4, 0.5) is 0 Å². The first-order valence-corrected chi connectivity index (χ1v) is 10.5. The molecule has 0 aliphatic carbocycles. The predicted octanol–water partition coefficient (Wildman–Crippen LogP) is 2.27. The topological polar surface area (TPSA) is 46.2 Å². The van der Waals surface area contributed by atoms with E-state index >= 15 is 0 Å². The van der Waals surface area contributed by atoms with Crippen LogP contribution in [0.15, 0.2) is 35.7 Å². The minimum absolute atomic E-state index is 0.0508. The molecule has 2 aromatic rings. The van der Waals surface area contributed by atoms with Gasteiger partial charge in [-0.05, 0) is 54.3 Å². The number of benzene rings is 1. The summed E-state index contributed by atoms with van der Waals surface area (Å²) in [5.41, 5.74) is 3.81.